The highest BCUT2D eigenvalue weighted by atomic mass is 16.3. The van der Waals surface area contributed by atoms with Crippen LogP contribution in [-0.2, 0) is 6.54 Å². The summed E-state index contributed by atoms with van der Waals surface area (Å²) in [5.41, 5.74) is 0.00178. The summed E-state index contributed by atoms with van der Waals surface area (Å²) in [5.74, 6) is 0.856. The molecule has 0 saturated carbocycles. The van der Waals surface area contributed by atoms with Crippen LogP contribution in [-0.4, -0.2) is 50.5 Å². The number of hydrogen-bond donors (Lipinski definition) is 2. The summed E-state index contributed by atoms with van der Waals surface area (Å²) in [5, 5.41) is 16.9. The maximum absolute atomic E-state index is 12.5. The molecule has 3 heterocycles. The number of urea groups is 1. The SMILES string of the molecule is CCC1(CO)CCN(C(=O)NC2CCCn3ncnc32)CC1. The molecule has 0 radical (unpaired) electrons. The number of aromatic nitrogens is 3. The third kappa shape index (κ3) is 2.82. The number of piperidine rings is 1. The van der Waals surface area contributed by atoms with E-state index in [1.54, 1.807) is 6.33 Å². The summed E-state index contributed by atoms with van der Waals surface area (Å²) in [6.45, 7) is 4.62. The van der Waals surface area contributed by atoms with Crippen LogP contribution in [0.1, 0.15) is 50.9 Å². The van der Waals surface area contributed by atoms with Gasteiger partial charge in [0.2, 0.25) is 0 Å². The fraction of sp³-hybridized carbons (Fsp3) is 0.800. The van der Waals surface area contributed by atoms with Crippen molar-refractivity contribution < 1.29 is 9.90 Å². The van der Waals surface area contributed by atoms with Crippen LogP contribution in [0.4, 0.5) is 4.79 Å². The highest BCUT2D eigenvalue weighted by molar-refractivity contribution is 5.74. The predicted octanol–water partition coefficient (Wildman–Crippen LogP) is 1.31. The maximum Gasteiger partial charge on any atom is 0.317 e. The highest BCUT2D eigenvalue weighted by Gasteiger charge is 2.35. The molecule has 1 fully saturated rings. The van der Waals surface area contributed by atoms with Gasteiger partial charge in [0.15, 0.2) is 0 Å². The summed E-state index contributed by atoms with van der Waals surface area (Å²) < 4.78 is 1.87. The molecule has 7 nitrogen and oxygen atoms in total. The molecule has 122 valence electrons. The van der Waals surface area contributed by atoms with Crippen LogP contribution in [0.25, 0.3) is 0 Å². The standard InChI is InChI=1S/C15H25N5O2/c1-2-15(10-21)5-8-19(9-6-15)14(22)18-12-4-3-7-20-13(12)16-11-17-20/h11-12,21H,2-10H2,1H3,(H,18,22). The summed E-state index contributed by atoms with van der Waals surface area (Å²) in [7, 11) is 0. The van der Waals surface area contributed by atoms with Crippen LogP contribution in [0.2, 0.25) is 0 Å². The zero-order chi connectivity index (χ0) is 15.6. The fourth-order valence-corrected chi connectivity index (χ4v) is 3.47. The molecular weight excluding hydrogens is 282 g/mol. The van der Waals surface area contributed by atoms with Crippen LogP contribution in [0, 0.1) is 5.41 Å². The van der Waals surface area contributed by atoms with Crippen LogP contribution in [0.5, 0.6) is 0 Å². The van der Waals surface area contributed by atoms with E-state index < -0.39 is 0 Å². The number of hydrogen-bond acceptors (Lipinski definition) is 4. The third-order valence-corrected chi connectivity index (χ3v) is 5.31. The Hall–Kier alpha value is -1.63. The van der Waals surface area contributed by atoms with Crippen LogP contribution < -0.4 is 5.32 Å². The minimum Gasteiger partial charge on any atom is -0.396 e. The minimum atomic E-state index is -0.0422. The van der Waals surface area contributed by atoms with Crippen LogP contribution in [0.3, 0.4) is 0 Å². The quantitative estimate of drug-likeness (QED) is 0.882. The Balaban J connectivity index is 1.58. The Morgan fingerprint density at radius 1 is 1.45 bits per heavy atom. The van der Waals surface area contributed by atoms with Gasteiger partial charge in [0.05, 0.1) is 6.04 Å². The lowest BCUT2D eigenvalue weighted by molar-refractivity contribution is 0.0512. The average molecular weight is 307 g/mol. The molecule has 7 heteroatoms. The lowest BCUT2D eigenvalue weighted by Gasteiger charge is -2.40. The Bertz CT molecular complexity index is 516. The van der Waals surface area contributed by atoms with Crippen LogP contribution in [0.15, 0.2) is 6.33 Å². The smallest absolute Gasteiger partial charge is 0.317 e. The van der Waals surface area contributed by atoms with E-state index >= 15 is 0 Å². The summed E-state index contributed by atoms with van der Waals surface area (Å²) in [4.78, 5) is 18.6. The molecule has 1 atom stereocenters. The van der Waals surface area contributed by atoms with Gasteiger partial charge in [-0.3, -0.25) is 0 Å². The van der Waals surface area contributed by atoms with Gasteiger partial charge in [-0.05, 0) is 37.5 Å². The first kappa shape index (κ1) is 15.3. The highest BCUT2D eigenvalue weighted by Crippen LogP contribution is 2.34. The molecule has 0 aliphatic carbocycles. The number of aliphatic hydroxyl groups is 1. The molecule has 0 aromatic carbocycles. The summed E-state index contributed by atoms with van der Waals surface area (Å²) in [6.07, 6.45) is 6.17. The van der Waals surface area contributed by atoms with Gasteiger partial charge < -0.3 is 15.3 Å². The van der Waals surface area contributed by atoms with Gasteiger partial charge in [-0.2, -0.15) is 5.10 Å². The van der Waals surface area contributed by atoms with Crippen molar-refractivity contribution in [1.82, 2.24) is 25.0 Å². The van der Waals surface area contributed by atoms with E-state index in [-0.39, 0.29) is 24.1 Å². The van der Waals surface area contributed by atoms with Crippen molar-refractivity contribution in [3.05, 3.63) is 12.2 Å². The zero-order valence-corrected chi connectivity index (χ0v) is 13.2. The van der Waals surface area contributed by atoms with E-state index in [1.165, 1.54) is 0 Å². The zero-order valence-electron chi connectivity index (χ0n) is 13.2. The van der Waals surface area contributed by atoms with Crippen molar-refractivity contribution in [1.29, 1.82) is 0 Å². The van der Waals surface area contributed by atoms with Gasteiger partial charge in [-0.1, -0.05) is 6.92 Å². The number of nitrogens with zero attached hydrogens (tertiary/aromatic N) is 4. The monoisotopic (exact) mass is 307 g/mol. The maximum atomic E-state index is 12.5. The number of nitrogens with one attached hydrogen (secondary N) is 1. The van der Waals surface area contributed by atoms with E-state index in [0.717, 1.165) is 44.5 Å². The molecule has 2 N–H and O–H groups in total. The lowest BCUT2D eigenvalue weighted by atomic mass is 9.77. The van der Waals surface area contributed by atoms with Crippen molar-refractivity contribution in [3.8, 4) is 0 Å². The first-order chi connectivity index (χ1) is 10.7. The number of carbonyl (C=O) groups excluding carboxylic acids is 1. The fourth-order valence-electron chi connectivity index (χ4n) is 3.47. The second-order valence-electron chi connectivity index (χ2n) is 6.48. The van der Waals surface area contributed by atoms with Crippen molar-refractivity contribution >= 4 is 6.03 Å². The topological polar surface area (TPSA) is 83.3 Å². The van der Waals surface area contributed by atoms with Crippen molar-refractivity contribution in [2.45, 2.75) is 51.6 Å². The van der Waals surface area contributed by atoms with Gasteiger partial charge in [-0.15, -0.1) is 0 Å². The first-order valence-electron chi connectivity index (χ1n) is 8.21. The van der Waals surface area contributed by atoms with E-state index in [4.69, 9.17) is 0 Å². The van der Waals surface area contributed by atoms with E-state index in [1.807, 2.05) is 9.58 Å². The summed E-state index contributed by atoms with van der Waals surface area (Å²) in [6, 6.07) is -0.0662. The number of aliphatic hydroxyl groups excluding tert-OH is 1. The van der Waals surface area contributed by atoms with Gasteiger partial charge in [0, 0.05) is 26.2 Å². The van der Waals surface area contributed by atoms with Crippen molar-refractivity contribution in [2.24, 2.45) is 5.41 Å². The molecule has 1 aromatic rings. The number of amides is 2. The molecule has 2 amide bonds. The lowest BCUT2D eigenvalue weighted by Crippen LogP contribution is -2.49. The molecule has 2 aliphatic heterocycles. The van der Waals surface area contributed by atoms with Crippen LogP contribution >= 0.6 is 0 Å². The van der Waals surface area contributed by atoms with Crippen molar-refractivity contribution in [3.63, 3.8) is 0 Å². The largest absolute Gasteiger partial charge is 0.396 e. The average Bonchev–Trinajstić information content (AvgIpc) is 3.04. The van der Waals surface area contributed by atoms with E-state index in [9.17, 15) is 9.90 Å². The molecule has 22 heavy (non-hydrogen) atoms. The second kappa shape index (κ2) is 6.24. The number of aryl methyl sites for hydroxylation is 1. The Morgan fingerprint density at radius 2 is 2.23 bits per heavy atom. The number of rotatable bonds is 3. The minimum absolute atomic E-state index is 0.00178. The van der Waals surface area contributed by atoms with Gasteiger partial charge in [-0.25, -0.2) is 14.5 Å². The molecule has 1 aromatic heterocycles. The van der Waals surface area contributed by atoms with Gasteiger partial charge >= 0.3 is 6.03 Å². The van der Waals surface area contributed by atoms with Gasteiger partial charge in [0.1, 0.15) is 12.2 Å². The molecule has 0 bridgehead atoms. The molecule has 1 saturated heterocycles. The molecule has 0 spiro atoms. The molecule has 2 aliphatic rings. The number of fused-ring (bicyclic) bond motifs is 1. The number of carbonyl (C=O) groups is 1. The van der Waals surface area contributed by atoms with E-state index in [2.05, 4.69) is 22.3 Å². The molecular formula is C15H25N5O2. The molecule has 3 rings (SSSR count). The Labute approximate surface area is 130 Å². The summed E-state index contributed by atoms with van der Waals surface area (Å²) >= 11 is 0. The molecule has 1 unspecified atom stereocenters. The third-order valence-electron chi connectivity index (χ3n) is 5.31. The Morgan fingerprint density at radius 3 is 2.91 bits per heavy atom. The second-order valence-corrected chi connectivity index (χ2v) is 6.48. The van der Waals surface area contributed by atoms with Gasteiger partial charge in [0.25, 0.3) is 0 Å². The normalized spacial score (nSPS) is 23.9. The predicted molar refractivity (Wildman–Crippen MR) is 81.1 cm³/mol. The number of likely N-dealkylation sites (tertiary alicyclic amines) is 1. The Kier molecular flexibility index (Phi) is 4.33. The van der Waals surface area contributed by atoms with Crippen molar-refractivity contribution in [2.75, 3.05) is 19.7 Å². The first-order valence-corrected chi connectivity index (χ1v) is 8.21. The van der Waals surface area contributed by atoms with E-state index in [0.29, 0.717) is 13.1 Å².